The number of hydrogen-bond donors (Lipinski definition) is 2. The summed E-state index contributed by atoms with van der Waals surface area (Å²) < 4.78 is 0. The maximum absolute atomic E-state index is 12.1. The van der Waals surface area contributed by atoms with Crippen molar-refractivity contribution in [3.05, 3.63) is 11.6 Å². The summed E-state index contributed by atoms with van der Waals surface area (Å²) in [6, 6.07) is -0.719. The fraction of sp³-hybridized carbons (Fsp3) is 0.615. The molecule has 0 spiro atoms. The lowest BCUT2D eigenvalue weighted by atomic mass is 9.73. The van der Waals surface area contributed by atoms with E-state index in [9.17, 15) is 14.4 Å². The lowest BCUT2D eigenvalue weighted by Gasteiger charge is -2.35. The quantitative estimate of drug-likeness (QED) is 0.578. The van der Waals surface area contributed by atoms with Gasteiger partial charge in [-0.25, -0.2) is 4.79 Å². The Morgan fingerprint density at radius 3 is 2.39 bits per heavy atom. The zero-order valence-electron chi connectivity index (χ0n) is 10.5. The van der Waals surface area contributed by atoms with E-state index < -0.39 is 23.3 Å². The molecule has 4 amide bonds. The standard InChI is InChI=1S/C13H18N2O3/c1-2-13(9-7-5-3-4-6-8-9)10(16)14-12(18)15-11(13)17/h7H,2-6,8H2,1H3,(H2,14,15,16,17,18). The van der Waals surface area contributed by atoms with Crippen LogP contribution in [0.4, 0.5) is 4.79 Å². The van der Waals surface area contributed by atoms with Crippen LogP contribution in [-0.2, 0) is 9.59 Å². The fourth-order valence-electron chi connectivity index (χ4n) is 2.80. The molecule has 1 aliphatic heterocycles. The molecule has 2 aliphatic rings. The number of urea groups is 1. The van der Waals surface area contributed by atoms with E-state index >= 15 is 0 Å². The molecule has 98 valence electrons. The van der Waals surface area contributed by atoms with Crippen molar-refractivity contribution in [3.8, 4) is 0 Å². The van der Waals surface area contributed by atoms with Gasteiger partial charge in [0.25, 0.3) is 0 Å². The van der Waals surface area contributed by atoms with Crippen LogP contribution >= 0.6 is 0 Å². The first kappa shape index (κ1) is 12.8. The van der Waals surface area contributed by atoms with Gasteiger partial charge < -0.3 is 0 Å². The number of nitrogens with one attached hydrogen (secondary N) is 2. The zero-order valence-corrected chi connectivity index (χ0v) is 10.5. The highest BCUT2D eigenvalue weighted by molar-refractivity contribution is 6.21. The van der Waals surface area contributed by atoms with Gasteiger partial charge in [0, 0.05) is 0 Å². The zero-order chi connectivity index (χ0) is 13.2. The van der Waals surface area contributed by atoms with Crippen LogP contribution in [0.15, 0.2) is 11.6 Å². The summed E-state index contributed by atoms with van der Waals surface area (Å²) in [5.41, 5.74) is -0.317. The number of imide groups is 2. The maximum atomic E-state index is 12.1. The summed E-state index contributed by atoms with van der Waals surface area (Å²) in [7, 11) is 0. The van der Waals surface area contributed by atoms with E-state index in [1.54, 1.807) is 6.92 Å². The highest BCUT2D eigenvalue weighted by atomic mass is 16.2. The Kier molecular flexibility index (Phi) is 3.50. The van der Waals surface area contributed by atoms with Crippen LogP contribution in [0.25, 0.3) is 0 Å². The molecule has 1 saturated heterocycles. The molecule has 0 aromatic carbocycles. The van der Waals surface area contributed by atoms with E-state index in [2.05, 4.69) is 10.6 Å². The topological polar surface area (TPSA) is 75.3 Å². The summed E-state index contributed by atoms with van der Waals surface area (Å²) in [6.45, 7) is 1.81. The molecule has 1 heterocycles. The number of amides is 4. The average Bonchev–Trinajstić information content (AvgIpc) is 2.58. The Bertz CT molecular complexity index is 406. The van der Waals surface area contributed by atoms with Crippen molar-refractivity contribution >= 4 is 17.8 Å². The first-order valence-corrected chi connectivity index (χ1v) is 6.47. The molecular weight excluding hydrogens is 232 g/mol. The molecule has 0 unspecified atom stereocenters. The number of carbonyl (C=O) groups is 3. The second-order valence-electron chi connectivity index (χ2n) is 4.82. The Morgan fingerprint density at radius 1 is 1.11 bits per heavy atom. The van der Waals surface area contributed by atoms with Crippen molar-refractivity contribution in [1.29, 1.82) is 0 Å². The van der Waals surface area contributed by atoms with Crippen molar-refractivity contribution < 1.29 is 14.4 Å². The van der Waals surface area contributed by atoms with Gasteiger partial charge in [-0.15, -0.1) is 0 Å². The molecule has 0 aromatic heterocycles. The highest BCUT2D eigenvalue weighted by Gasteiger charge is 2.51. The van der Waals surface area contributed by atoms with E-state index in [4.69, 9.17) is 0 Å². The molecule has 1 fully saturated rings. The van der Waals surface area contributed by atoms with Crippen LogP contribution in [0.1, 0.15) is 45.4 Å². The molecule has 0 radical (unpaired) electrons. The third kappa shape index (κ3) is 1.94. The first-order chi connectivity index (χ1) is 8.61. The van der Waals surface area contributed by atoms with Crippen molar-refractivity contribution in [2.75, 3.05) is 0 Å². The Morgan fingerprint density at radius 2 is 1.78 bits per heavy atom. The van der Waals surface area contributed by atoms with Gasteiger partial charge in [0.1, 0.15) is 5.41 Å². The molecule has 0 saturated carbocycles. The minimum atomic E-state index is -1.18. The van der Waals surface area contributed by atoms with Crippen molar-refractivity contribution in [3.63, 3.8) is 0 Å². The van der Waals surface area contributed by atoms with Gasteiger partial charge in [-0.05, 0) is 37.7 Å². The van der Waals surface area contributed by atoms with E-state index in [1.807, 2.05) is 6.08 Å². The predicted octanol–water partition coefficient (Wildman–Crippen LogP) is 1.64. The summed E-state index contributed by atoms with van der Waals surface area (Å²) in [5, 5.41) is 4.44. The lowest BCUT2D eigenvalue weighted by molar-refractivity contribution is -0.142. The average molecular weight is 250 g/mol. The highest BCUT2D eigenvalue weighted by Crippen LogP contribution is 2.38. The summed E-state index contributed by atoms with van der Waals surface area (Å²) in [4.78, 5) is 35.4. The fourth-order valence-corrected chi connectivity index (χ4v) is 2.80. The smallest absolute Gasteiger partial charge is 0.277 e. The van der Waals surface area contributed by atoms with Gasteiger partial charge in [-0.2, -0.15) is 0 Å². The second kappa shape index (κ2) is 4.92. The molecule has 0 bridgehead atoms. The second-order valence-corrected chi connectivity index (χ2v) is 4.82. The van der Waals surface area contributed by atoms with Crippen LogP contribution in [0.5, 0.6) is 0 Å². The van der Waals surface area contributed by atoms with E-state index in [1.165, 1.54) is 0 Å². The lowest BCUT2D eigenvalue weighted by Crippen LogP contribution is -2.62. The molecule has 5 nitrogen and oxygen atoms in total. The SMILES string of the molecule is CCC1(C2=CCCCCC2)C(=O)NC(=O)NC1=O. The third-order valence-corrected chi connectivity index (χ3v) is 3.85. The Balaban J connectivity index is 2.39. The number of rotatable bonds is 2. The van der Waals surface area contributed by atoms with Gasteiger partial charge in [0.2, 0.25) is 11.8 Å². The predicted molar refractivity (Wildman–Crippen MR) is 65.6 cm³/mol. The van der Waals surface area contributed by atoms with Gasteiger partial charge in [-0.3, -0.25) is 20.2 Å². The van der Waals surface area contributed by atoms with E-state index in [-0.39, 0.29) is 0 Å². The Labute approximate surface area is 106 Å². The third-order valence-electron chi connectivity index (χ3n) is 3.85. The Hall–Kier alpha value is -1.65. The minimum absolute atomic E-state index is 0.379. The molecule has 0 aromatic rings. The van der Waals surface area contributed by atoms with Gasteiger partial charge in [-0.1, -0.05) is 19.4 Å². The van der Waals surface area contributed by atoms with Crippen LogP contribution in [0.2, 0.25) is 0 Å². The molecule has 1 aliphatic carbocycles. The number of barbiturate groups is 1. The summed E-state index contributed by atoms with van der Waals surface area (Å²) in [6.07, 6.45) is 7.22. The van der Waals surface area contributed by atoms with E-state index in [0.717, 1.165) is 37.7 Å². The molecule has 0 atom stereocenters. The first-order valence-electron chi connectivity index (χ1n) is 6.47. The maximum Gasteiger partial charge on any atom is 0.328 e. The molecular formula is C13H18N2O3. The van der Waals surface area contributed by atoms with Crippen molar-refractivity contribution in [2.45, 2.75) is 45.4 Å². The molecule has 5 heteroatoms. The van der Waals surface area contributed by atoms with Crippen molar-refractivity contribution in [1.82, 2.24) is 10.6 Å². The van der Waals surface area contributed by atoms with E-state index in [0.29, 0.717) is 6.42 Å². The number of allylic oxidation sites excluding steroid dienone is 1. The van der Waals surface area contributed by atoms with Crippen LogP contribution in [0, 0.1) is 5.41 Å². The number of hydrogen-bond acceptors (Lipinski definition) is 3. The molecule has 2 rings (SSSR count). The van der Waals surface area contributed by atoms with Gasteiger partial charge >= 0.3 is 6.03 Å². The van der Waals surface area contributed by atoms with Crippen LogP contribution in [-0.4, -0.2) is 17.8 Å². The summed E-state index contributed by atoms with van der Waals surface area (Å²) >= 11 is 0. The van der Waals surface area contributed by atoms with Crippen molar-refractivity contribution in [2.24, 2.45) is 5.41 Å². The molecule has 18 heavy (non-hydrogen) atoms. The summed E-state index contributed by atoms with van der Waals surface area (Å²) in [5.74, 6) is -0.959. The monoisotopic (exact) mass is 250 g/mol. The normalized spacial score (nSPS) is 23.8. The van der Waals surface area contributed by atoms with Crippen LogP contribution < -0.4 is 10.6 Å². The largest absolute Gasteiger partial charge is 0.328 e. The minimum Gasteiger partial charge on any atom is -0.277 e. The molecule has 2 N–H and O–H groups in total. The van der Waals surface area contributed by atoms with Gasteiger partial charge in [0.05, 0.1) is 0 Å². The van der Waals surface area contributed by atoms with Crippen LogP contribution in [0.3, 0.4) is 0 Å². The van der Waals surface area contributed by atoms with Gasteiger partial charge in [0.15, 0.2) is 0 Å². The number of carbonyl (C=O) groups excluding carboxylic acids is 3.